The highest BCUT2D eigenvalue weighted by Crippen LogP contribution is 2.48. The van der Waals surface area contributed by atoms with Crippen molar-refractivity contribution in [3.63, 3.8) is 0 Å². The summed E-state index contributed by atoms with van der Waals surface area (Å²) < 4.78 is 5.04. The largest absolute Gasteiger partial charge is 0.310 e. The molecule has 10 rings (SSSR count). The van der Waals surface area contributed by atoms with E-state index in [1.54, 1.807) is 0 Å². The van der Waals surface area contributed by atoms with E-state index in [1.807, 2.05) is 11.3 Å². The van der Waals surface area contributed by atoms with Crippen LogP contribution in [-0.4, -0.2) is 4.57 Å². The number of aromatic nitrogens is 1. The van der Waals surface area contributed by atoms with E-state index in [4.69, 9.17) is 0 Å². The molecule has 0 amide bonds. The Labute approximate surface area is 313 Å². The summed E-state index contributed by atoms with van der Waals surface area (Å²) in [6, 6.07) is 74.4. The lowest BCUT2D eigenvalue weighted by Crippen LogP contribution is -2.11. The molecule has 2 heterocycles. The van der Waals surface area contributed by atoms with Gasteiger partial charge in [-0.2, -0.15) is 0 Å². The van der Waals surface area contributed by atoms with Crippen molar-refractivity contribution in [2.45, 2.75) is 0 Å². The van der Waals surface area contributed by atoms with E-state index in [2.05, 4.69) is 216 Å². The van der Waals surface area contributed by atoms with Crippen molar-refractivity contribution in [2.24, 2.45) is 0 Å². The number of hydrogen-bond acceptors (Lipinski definition) is 2. The molecule has 2 aromatic heterocycles. The van der Waals surface area contributed by atoms with Gasteiger partial charge in [0.2, 0.25) is 0 Å². The zero-order chi connectivity index (χ0) is 35.1. The highest BCUT2D eigenvalue weighted by Gasteiger charge is 2.23. The average Bonchev–Trinajstić information content (AvgIpc) is 3.78. The summed E-state index contributed by atoms with van der Waals surface area (Å²) in [5.74, 6) is 0. The van der Waals surface area contributed by atoms with Crippen LogP contribution in [-0.2, 0) is 0 Å². The Morgan fingerprint density at radius 1 is 0.377 bits per heavy atom. The zero-order valence-corrected chi connectivity index (χ0v) is 29.7. The lowest BCUT2D eigenvalue weighted by Gasteiger charge is -2.28. The van der Waals surface area contributed by atoms with Crippen molar-refractivity contribution in [3.8, 4) is 39.1 Å². The lowest BCUT2D eigenvalue weighted by atomic mass is 9.99. The smallest absolute Gasteiger partial charge is 0.0727 e. The van der Waals surface area contributed by atoms with E-state index < -0.39 is 0 Å². The minimum atomic E-state index is 1.10. The third kappa shape index (κ3) is 5.42. The molecular formula is C50H34N2S. The fourth-order valence-electron chi connectivity index (χ4n) is 7.76. The van der Waals surface area contributed by atoms with Crippen molar-refractivity contribution in [2.75, 3.05) is 4.90 Å². The molecule has 8 aromatic carbocycles. The molecule has 0 saturated heterocycles. The number of thiophene rings is 1. The summed E-state index contributed by atoms with van der Waals surface area (Å²) >= 11 is 1.90. The molecule has 2 nitrogen and oxygen atoms in total. The molecule has 0 aliphatic heterocycles. The van der Waals surface area contributed by atoms with E-state index >= 15 is 0 Å². The van der Waals surface area contributed by atoms with Gasteiger partial charge in [0.25, 0.3) is 0 Å². The summed E-state index contributed by atoms with van der Waals surface area (Å²) in [6.07, 6.45) is 0. The first kappa shape index (κ1) is 31.1. The van der Waals surface area contributed by atoms with Crippen molar-refractivity contribution in [1.29, 1.82) is 0 Å². The first-order valence-electron chi connectivity index (χ1n) is 18.0. The van der Waals surface area contributed by atoms with Crippen molar-refractivity contribution >= 4 is 59.6 Å². The maximum atomic E-state index is 2.44. The lowest BCUT2D eigenvalue weighted by molar-refractivity contribution is 1.19. The second kappa shape index (κ2) is 13.1. The summed E-state index contributed by atoms with van der Waals surface area (Å²) in [4.78, 5) is 2.42. The number of para-hydroxylation sites is 3. The number of nitrogens with zero attached hydrogens (tertiary/aromatic N) is 2. The predicted molar refractivity (Wildman–Crippen MR) is 227 cm³/mol. The highest BCUT2D eigenvalue weighted by molar-refractivity contribution is 7.27. The minimum absolute atomic E-state index is 1.10. The van der Waals surface area contributed by atoms with Crippen molar-refractivity contribution in [3.05, 3.63) is 206 Å². The number of hydrogen-bond donors (Lipinski definition) is 0. The molecule has 250 valence electrons. The molecule has 0 atom stereocenters. The zero-order valence-electron chi connectivity index (χ0n) is 28.9. The molecule has 0 bridgehead atoms. The molecule has 0 aliphatic carbocycles. The Bertz CT molecular complexity index is 2870. The van der Waals surface area contributed by atoms with E-state index in [-0.39, 0.29) is 0 Å². The van der Waals surface area contributed by atoms with Crippen molar-refractivity contribution < 1.29 is 0 Å². The van der Waals surface area contributed by atoms with E-state index in [0.717, 1.165) is 17.1 Å². The minimum Gasteiger partial charge on any atom is -0.310 e. The van der Waals surface area contributed by atoms with E-state index in [9.17, 15) is 0 Å². The van der Waals surface area contributed by atoms with Crippen LogP contribution in [0.25, 0.3) is 70.3 Å². The third-order valence-electron chi connectivity index (χ3n) is 10.2. The molecular weight excluding hydrogens is 661 g/mol. The number of fused-ring (bicyclic) bond motifs is 5. The number of rotatable bonds is 7. The monoisotopic (exact) mass is 694 g/mol. The van der Waals surface area contributed by atoms with Crippen LogP contribution < -0.4 is 4.90 Å². The average molecular weight is 695 g/mol. The Kier molecular flexibility index (Phi) is 7.71. The van der Waals surface area contributed by atoms with Crippen LogP contribution in [0.3, 0.4) is 0 Å². The first-order valence-corrected chi connectivity index (χ1v) is 18.8. The number of benzene rings is 8. The maximum absolute atomic E-state index is 2.44. The Morgan fingerprint density at radius 3 is 1.72 bits per heavy atom. The quantitative estimate of drug-likeness (QED) is 0.161. The highest BCUT2D eigenvalue weighted by atomic mass is 32.1. The number of anilines is 3. The Morgan fingerprint density at radius 2 is 0.943 bits per heavy atom. The first-order chi connectivity index (χ1) is 26.3. The third-order valence-corrected chi connectivity index (χ3v) is 11.5. The normalized spacial score (nSPS) is 11.4. The van der Waals surface area contributed by atoms with Crippen LogP contribution in [0, 0.1) is 0 Å². The van der Waals surface area contributed by atoms with Gasteiger partial charge in [0.1, 0.15) is 0 Å². The molecule has 0 radical (unpaired) electrons. The van der Waals surface area contributed by atoms with Crippen LogP contribution in [0.15, 0.2) is 206 Å². The predicted octanol–water partition coefficient (Wildman–Crippen LogP) is 14.5. The summed E-state index contributed by atoms with van der Waals surface area (Å²) in [5.41, 5.74) is 14.2. The molecule has 53 heavy (non-hydrogen) atoms. The van der Waals surface area contributed by atoms with Crippen LogP contribution >= 0.6 is 11.3 Å². The van der Waals surface area contributed by atoms with Gasteiger partial charge in [-0.05, 0) is 70.8 Å². The molecule has 0 spiro atoms. The van der Waals surface area contributed by atoms with Gasteiger partial charge in [0.05, 0.1) is 21.4 Å². The van der Waals surface area contributed by atoms with E-state index in [0.29, 0.717) is 0 Å². The summed E-state index contributed by atoms with van der Waals surface area (Å²) in [5, 5.41) is 2.55. The SMILES string of the molecule is c1ccc(-c2ccc(N(c3cccc(-c4ccccc4)c3)c3ccccc3-c3cccc4c3sc3c5ccccc5n(-c5ccccc5)c43)cc2)cc1. The molecule has 0 saturated carbocycles. The van der Waals surface area contributed by atoms with Gasteiger partial charge >= 0.3 is 0 Å². The summed E-state index contributed by atoms with van der Waals surface area (Å²) in [6.45, 7) is 0. The Balaban J connectivity index is 1.19. The maximum Gasteiger partial charge on any atom is 0.0727 e. The summed E-state index contributed by atoms with van der Waals surface area (Å²) in [7, 11) is 0. The van der Waals surface area contributed by atoms with Gasteiger partial charge in [-0.1, -0.05) is 158 Å². The van der Waals surface area contributed by atoms with Gasteiger partial charge in [0.15, 0.2) is 0 Å². The molecule has 0 aliphatic rings. The fraction of sp³-hybridized carbons (Fsp3) is 0. The second-order valence-corrected chi connectivity index (χ2v) is 14.4. The van der Waals surface area contributed by atoms with Gasteiger partial charge < -0.3 is 9.47 Å². The van der Waals surface area contributed by atoms with Gasteiger partial charge in [0, 0.05) is 43.7 Å². The van der Waals surface area contributed by atoms with Gasteiger partial charge in [-0.3, -0.25) is 0 Å². The second-order valence-electron chi connectivity index (χ2n) is 13.3. The van der Waals surface area contributed by atoms with Crippen LogP contribution in [0.2, 0.25) is 0 Å². The van der Waals surface area contributed by atoms with Crippen molar-refractivity contribution in [1.82, 2.24) is 4.57 Å². The molecule has 0 fully saturated rings. The van der Waals surface area contributed by atoms with Gasteiger partial charge in [-0.25, -0.2) is 0 Å². The Hall–Kier alpha value is -6.68. The fourth-order valence-corrected chi connectivity index (χ4v) is 9.11. The van der Waals surface area contributed by atoms with Gasteiger partial charge in [-0.15, -0.1) is 11.3 Å². The van der Waals surface area contributed by atoms with Crippen LogP contribution in [0.1, 0.15) is 0 Å². The molecule has 10 aromatic rings. The topological polar surface area (TPSA) is 8.17 Å². The molecule has 3 heteroatoms. The molecule has 0 unspecified atom stereocenters. The van der Waals surface area contributed by atoms with E-state index in [1.165, 1.54) is 70.3 Å². The van der Waals surface area contributed by atoms with Crippen LogP contribution in [0.4, 0.5) is 17.1 Å². The van der Waals surface area contributed by atoms with Crippen LogP contribution in [0.5, 0.6) is 0 Å². The molecule has 0 N–H and O–H groups in total. The standard InChI is InChI=1S/C50H34N2S/c1-4-16-35(17-5-1)37-30-32-40(33-31-37)51(41-23-14-20-38(34-41)36-18-6-2-7-19-36)46-28-12-10-24-42(46)43-26-15-27-45-48-50(53-49(43)45)44-25-11-13-29-47(44)52(48)39-21-8-3-9-22-39/h1-34H.